The van der Waals surface area contributed by atoms with Crippen LogP contribution in [0, 0.1) is 0 Å². The average molecular weight is 322 g/mol. The highest BCUT2D eigenvalue weighted by atomic mass is 32.2. The monoisotopic (exact) mass is 322 g/mol. The molecule has 0 aliphatic carbocycles. The van der Waals surface area contributed by atoms with Gasteiger partial charge in [0.2, 0.25) is 0 Å². The molecule has 0 spiro atoms. The highest BCUT2D eigenvalue weighted by Crippen LogP contribution is 2.18. The molecule has 0 atom stereocenters. The third-order valence-corrected chi connectivity index (χ3v) is 3.69. The van der Waals surface area contributed by atoms with Crippen molar-refractivity contribution in [1.82, 2.24) is 0 Å². The second kappa shape index (κ2) is 7.82. The Bertz CT molecular complexity index is 665. The predicted molar refractivity (Wildman–Crippen MR) is 83.7 cm³/mol. The van der Waals surface area contributed by atoms with Crippen molar-refractivity contribution in [1.29, 1.82) is 0 Å². The molecule has 6 heteroatoms. The molecule has 0 radical (unpaired) electrons. The van der Waals surface area contributed by atoms with Crippen LogP contribution in [0.25, 0.3) is 0 Å². The Kier molecular flexibility index (Phi) is 5.80. The fourth-order valence-electron chi connectivity index (χ4n) is 1.80. The molecule has 2 rings (SSSR count). The Balaban J connectivity index is 1.75. The van der Waals surface area contributed by atoms with Crippen LogP contribution in [0.4, 0.5) is 0 Å². The summed E-state index contributed by atoms with van der Waals surface area (Å²) in [5.41, 5.74) is 1.09. The van der Waals surface area contributed by atoms with Gasteiger partial charge >= 0.3 is 0 Å². The van der Waals surface area contributed by atoms with E-state index in [1.165, 1.54) is 0 Å². The normalized spacial score (nSPS) is 11.1. The average Bonchev–Trinajstić information content (AvgIpc) is 2.51. The van der Waals surface area contributed by atoms with Crippen LogP contribution < -0.4 is 9.47 Å². The van der Waals surface area contributed by atoms with Gasteiger partial charge < -0.3 is 9.47 Å². The second-order valence-corrected chi connectivity index (χ2v) is 6.31. The highest BCUT2D eigenvalue weighted by molar-refractivity contribution is 7.85. The molecule has 0 bridgehead atoms. The van der Waals surface area contributed by atoms with Gasteiger partial charge in [-0.05, 0) is 36.2 Å². The Morgan fingerprint density at radius 1 is 0.864 bits per heavy atom. The lowest BCUT2D eigenvalue weighted by Gasteiger charge is -2.08. The minimum atomic E-state index is -3.92. The molecule has 2 aromatic rings. The number of rotatable bonds is 8. The van der Waals surface area contributed by atoms with E-state index in [0.717, 1.165) is 11.3 Å². The van der Waals surface area contributed by atoms with Gasteiger partial charge in [-0.15, -0.1) is 0 Å². The summed E-state index contributed by atoms with van der Waals surface area (Å²) in [6, 6.07) is 17.0. The van der Waals surface area contributed by atoms with Crippen molar-refractivity contribution >= 4 is 10.1 Å². The first-order valence-electron chi connectivity index (χ1n) is 6.88. The van der Waals surface area contributed by atoms with Gasteiger partial charge in [0.25, 0.3) is 10.1 Å². The third-order valence-electron chi connectivity index (χ3n) is 2.89. The molecular weight excluding hydrogens is 304 g/mol. The third kappa shape index (κ3) is 6.15. The summed E-state index contributed by atoms with van der Waals surface area (Å²) >= 11 is 0. The van der Waals surface area contributed by atoms with Crippen LogP contribution in [0.3, 0.4) is 0 Å². The number of ether oxygens (including phenoxy) is 2. The van der Waals surface area contributed by atoms with Gasteiger partial charge in [0, 0.05) is 0 Å². The van der Waals surface area contributed by atoms with Crippen LogP contribution in [0.1, 0.15) is 12.0 Å². The van der Waals surface area contributed by atoms with Gasteiger partial charge in [-0.1, -0.05) is 30.3 Å². The Hall–Kier alpha value is -2.05. The summed E-state index contributed by atoms with van der Waals surface area (Å²) < 4.78 is 40.8. The van der Waals surface area contributed by atoms with Gasteiger partial charge in [-0.25, -0.2) is 0 Å². The fraction of sp³-hybridized carbons (Fsp3) is 0.250. The molecule has 0 heterocycles. The summed E-state index contributed by atoms with van der Waals surface area (Å²) in [6.45, 7) is 0.722. The van der Waals surface area contributed by atoms with E-state index in [9.17, 15) is 8.42 Å². The molecule has 0 saturated heterocycles. The first kappa shape index (κ1) is 16.3. The van der Waals surface area contributed by atoms with E-state index in [-0.39, 0.29) is 18.8 Å². The van der Waals surface area contributed by atoms with E-state index in [0.29, 0.717) is 12.4 Å². The molecule has 5 nitrogen and oxygen atoms in total. The predicted octanol–water partition coefficient (Wildman–Crippen LogP) is 2.92. The summed E-state index contributed by atoms with van der Waals surface area (Å²) in [7, 11) is -3.92. The lowest BCUT2D eigenvalue weighted by Crippen LogP contribution is -2.08. The van der Waals surface area contributed by atoms with Gasteiger partial charge in [0.05, 0.1) is 12.4 Å². The minimum Gasteiger partial charge on any atom is -0.494 e. The van der Waals surface area contributed by atoms with Crippen LogP contribution in [-0.2, 0) is 16.7 Å². The smallest absolute Gasteiger partial charge is 0.264 e. The summed E-state index contributed by atoms with van der Waals surface area (Å²) in [6.07, 6.45) is 0.241. The summed E-state index contributed by atoms with van der Waals surface area (Å²) in [5, 5.41) is 0. The van der Waals surface area contributed by atoms with Crippen molar-refractivity contribution in [2.45, 2.75) is 13.0 Å². The molecule has 1 N–H and O–H groups in total. The van der Waals surface area contributed by atoms with Crippen molar-refractivity contribution < 1.29 is 22.4 Å². The lowest BCUT2D eigenvalue weighted by molar-refractivity contribution is 0.301. The Labute approximate surface area is 130 Å². The number of hydrogen-bond acceptors (Lipinski definition) is 4. The first-order valence-corrected chi connectivity index (χ1v) is 8.48. The Morgan fingerprint density at radius 3 is 2.05 bits per heavy atom. The van der Waals surface area contributed by atoms with Crippen molar-refractivity contribution in [3.8, 4) is 11.5 Å². The SMILES string of the molecule is O=S(=O)(O)CCCOc1ccc(OCc2ccccc2)cc1. The summed E-state index contributed by atoms with van der Waals surface area (Å²) in [5.74, 6) is 1.06. The summed E-state index contributed by atoms with van der Waals surface area (Å²) in [4.78, 5) is 0. The standard InChI is InChI=1S/C16H18O5S/c17-22(18,19)12-4-11-20-15-7-9-16(10-8-15)21-13-14-5-2-1-3-6-14/h1-3,5-10H,4,11-13H2,(H,17,18,19). The zero-order chi connectivity index (χ0) is 15.8. The molecule has 0 fully saturated rings. The van der Waals surface area contributed by atoms with E-state index >= 15 is 0 Å². The first-order chi connectivity index (χ1) is 10.5. The zero-order valence-electron chi connectivity index (χ0n) is 12.0. The molecule has 0 saturated carbocycles. The number of benzene rings is 2. The van der Waals surface area contributed by atoms with E-state index in [2.05, 4.69) is 0 Å². The van der Waals surface area contributed by atoms with Gasteiger partial charge in [-0.3, -0.25) is 4.55 Å². The van der Waals surface area contributed by atoms with E-state index in [1.807, 2.05) is 30.3 Å². The van der Waals surface area contributed by atoms with Crippen molar-refractivity contribution in [3.63, 3.8) is 0 Å². The topological polar surface area (TPSA) is 72.8 Å². The van der Waals surface area contributed by atoms with Crippen molar-refractivity contribution in [2.24, 2.45) is 0 Å². The van der Waals surface area contributed by atoms with E-state index in [4.69, 9.17) is 14.0 Å². The molecule has 2 aromatic carbocycles. The van der Waals surface area contributed by atoms with Gasteiger partial charge in [0.15, 0.2) is 0 Å². The van der Waals surface area contributed by atoms with Gasteiger partial charge in [-0.2, -0.15) is 8.42 Å². The molecule has 0 aliphatic heterocycles. The molecule has 0 aliphatic rings. The molecule has 0 aromatic heterocycles. The molecule has 22 heavy (non-hydrogen) atoms. The maximum Gasteiger partial charge on any atom is 0.264 e. The van der Waals surface area contributed by atoms with Crippen LogP contribution in [-0.4, -0.2) is 25.3 Å². The quantitative estimate of drug-likeness (QED) is 0.597. The maximum atomic E-state index is 10.6. The van der Waals surface area contributed by atoms with Crippen LogP contribution in [0.2, 0.25) is 0 Å². The molecule has 118 valence electrons. The van der Waals surface area contributed by atoms with Gasteiger partial charge in [0.1, 0.15) is 18.1 Å². The van der Waals surface area contributed by atoms with E-state index < -0.39 is 10.1 Å². The second-order valence-electron chi connectivity index (χ2n) is 4.73. The van der Waals surface area contributed by atoms with Crippen LogP contribution in [0.15, 0.2) is 54.6 Å². The largest absolute Gasteiger partial charge is 0.494 e. The van der Waals surface area contributed by atoms with Crippen molar-refractivity contribution in [2.75, 3.05) is 12.4 Å². The van der Waals surface area contributed by atoms with Crippen LogP contribution in [0.5, 0.6) is 11.5 Å². The molecule has 0 amide bonds. The minimum absolute atomic E-state index is 0.226. The maximum absolute atomic E-state index is 10.6. The Morgan fingerprint density at radius 2 is 1.45 bits per heavy atom. The fourth-order valence-corrected chi connectivity index (χ4v) is 2.29. The molecule has 0 unspecified atom stereocenters. The number of hydrogen-bond donors (Lipinski definition) is 1. The highest BCUT2D eigenvalue weighted by Gasteiger charge is 2.04. The van der Waals surface area contributed by atoms with Crippen molar-refractivity contribution in [3.05, 3.63) is 60.2 Å². The lowest BCUT2D eigenvalue weighted by atomic mass is 10.2. The van der Waals surface area contributed by atoms with Crippen LogP contribution >= 0.6 is 0 Å². The molecular formula is C16H18O5S. The zero-order valence-corrected chi connectivity index (χ0v) is 12.8. The van der Waals surface area contributed by atoms with E-state index in [1.54, 1.807) is 24.3 Å².